The van der Waals surface area contributed by atoms with Crippen molar-refractivity contribution in [2.45, 2.75) is 51.0 Å². The molecular formula is C21H25ClN2O3S. The molecule has 5 nitrogen and oxygen atoms in total. The minimum Gasteiger partial charge on any atom is -0.320 e. The Morgan fingerprint density at radius 3 is 2.61 bits per heavy atom. The second-order valence-corrected chi connectivity index (χ2v) is 9.68. The zero-order valence-corrected chi connectivity index (χ0v) is 17.9. The van der Waals surface area contributed by atoms with Crippen molar-refractivity contribution < 1.29 is 13.2 Å². The van der Waals surface area contributed by atoms with Crippen LogP contribution in [0.2, 0.25) is 5.02 Å². The van der Waals surface area contributed by atoms with Crippen molar-refractivity contribution in [1.82, 2.24) is 4.31 Å². The number of carbonyl (C=O) groups is 1. The smallest absolute Gasteiger partial charge is 0.255 e. The van der Waals surface area contributed by atoms with Crippen LogP contribution in [0.1, 0.15) is 47.7 Å². The zero-order valence-electron chi connectivity index (χ0n) is 16.3. The van der Waals surface area contributed by atoms with Gasteiger partial charge in [0.05, 0.1) is 15.6 Å². The molecule has 0 bridgehead atoms. The molecule has 1 aliphatic heterocycles. The standard InChI is InChI=1S/C21H25ClN2O3S/c1-14-11-15(2)20(19(22)12-14)23-21(25)17-8-6-9-18(13-17)28(26,27)24-10-5-4-7-16(24)3/h6,8-9,11-13,16H,4-5,7,10H2,1-3H3,(H,23,25)/t16-/m1/s1. The van der Waals surface area contributed by atoms with Crippen molar-refractivity contribution in [1.29, 1.82) is 0 Å². The summed E-state index contributed by atoms with van der Waals surface area (Å²) in [7, 11) is -3.63. The molecule has 0 unspecified atom stereocenters. The van der Waals surface area contributed by atoms with Crippen molar-refractivity contribution >= 4 is 33.2 Å². The van der Waals surface area contributed by atoms with Gasteiger partial charge in [0.15, 0.2) is 0 Å². The second-order valence-electron chi connectivity index (χ2n) is 7.38. The van der Waals surface area contributed by atoms with E-state index >= 15 is 0 Å². The molecule has 0 aromatic heterocycles. The van der Waals surface area contributed by atoms with Crippen LogP contribution in [0.4, 0.5) is 5.69 Å². The van der Waals surface area contributed by atoms with Gasteiger partial charge in [0, 0.05) is 18.2 Å². The van der Waals surface area contributed by atoms with Gasteiger partial charge in [0.2, 0.25) is 10.0 Å². The number of sulfonamides is 1. The van der Waals surface area contributed by atoms with E-state index in [2.05, 4.69) is 5.32 Å². The number of anilines is 1. The molecule has 1 saturated heterocycles. The van der Waals surface area contributed by atoms with Crippen molar-refractivity contribution in [3.8, 4) is 0 Å². The van der Waals surface area contributed by atoms with E-state index in [-0.39, 0.29) is 16.5 Å². The SMILES string of the molecule is Cc1cc(C)c(NC(=O)c2cccc(S(=O)(=O)N3CCCC[C@H]3C)c2)c(Cl)c1. The summed E-state index contributed by atoms with van der Waals surface area (Å²) in [6, 6.07) is 9.85. The Labute approximate surface area is 171 Å². The molecule has 1 amide bonds. The van der Waals surface area contributed by atoms with Crippen LogP contribution in [0.15, 0.2) is 41.3 Å². The van der Waals surface area contributed by atoms with Crippen LogP contribution in [0.3, 0.4) is 0 Å². The summed E-state index contributed by atoms with van der Waals surface area (Å²) in [5, 5.41) is 3.27. The Balaban J connectivity index is 1.88. The topological polar surface area (TPSA) is 66.5 Å². The van der Waals surface area contributed by atoms with E-state index in [1.54, 1.807) is 18.2 Å². The van der Waals surface area contributed by atoms with Crippen LogP contribution in [0.5, 0.6) is 0 Å². The molecule has 0 radical (unpaired) electrons. The summed E-state index contributed by atoms with van der Waals surface area (Å²) >= 11 is 6.27. The maximum atomic E-state index is 13.0. The summed E-state index contributed by atoms with van der Waals surface area (Å²) in [6.07, 6.45) is 2.74. The summed E-state index contributed by atoms with van der Waals surface area (Å²) in [4.78, 5) is 12.9. The average Bonchev–Trinajstić information content (AvgIpc) is 2.64. The normalized spacial score (nSPS) is 18.1. The number of nitrogens with one attached hydrogen (secondary N) is 1. The monoisotopic (exact) mass is 420 g/mol. The zero-order chi connectivity index (χ0) is 20.5. The molecule has 3 rings (SSSR count). The largest absolute Gasteiger partial charge is 0.320 e. The van der Waals surface area contributed by atoms with E-state index in [9.17, 15) is 13.2 Å². The molecule has 0 saturated carbocycles. The predicted octanol–water partition coefficient (Wildman–Crippen LogP) is 4.77. The molecule has 1 atom stereocenters. The third-order valence-electron chi connectivity index (χ3n) is 5.12. The predicted molar refractivity (Wildman–Crippen MR) is 113 cm³/mol. The highest BCUT2D eigenvalue weighted by Crippen LogP contribution is 2.29. The lowest BCUT2D eigenvalue weighted by Crippen LogP contribution is -2.41. The van der Waals surface area contributed by atoms with Gasteiger partial charge in [-0.15, -0.1) is 0 Å². The molecular weight excluding hydrogens is 396 g/mol. The summed E-state index contributed by atoms with van der Waals surface area (Å²) in [5.41, 5.74) is 2.67. The van der Waals surface area contributed by atoms with Crippen molar-refractivity contribution in [2.24, 2.45) is 0 Å². The third-order valence-corrected chi connectivity index (χ3v) is 7.42. The van der Waals surface area contributed by atoms with E-state index in [0.717, 1.165) is 30.4 Å². The maximum Gasteiger partial charge on any atom is 0.255 e. The fourth-order valence-electron chi connectivity index (χ4n) is 3.62. The number of rotatable bonds is 4. The fourth-order valence-corrected chi connectivity index (χ4v) is 5.74. The first kappa shape index (κ1) is 20.8. The molecule has 0 spiro atoms. The lowest BCUT2D eigenvalue weighted by Gasteiger charge is -2.32. The molecule has 2 aromatic carbocycles. The van der Waals surface area contributed by atoms with Gasteiger partial charge in [-0.25, -0.2) is 8.42 Å². The molecule has 0 aliphatic carbocycles. The Morgan fingerprint density at radius 1 is 1.18 bits per heavy atom. The van der Waals surface area contributed by atoms with E-state index in [0.29, 0.717) is 17.3 Å². The quantitative estimate of drug-likeness (QED) is 0.774. The highest BCUT2D eigenvalue weighted by Gasteiger charge is 2.31. The summed E-state index contributed by atoms with van der Waals surface area (Å²) in [5.74, 6) is -0.391. The van der Waals surface area contributed by atoms with Gasteiger partial charge in [0.25, 0.3) is 5.91 Å². The number of carbonyl (C=O) groups excluding carboxylic acids is 1. The number of nitrogens with zero attached hydrogens (tertiary/aromatic N) is 1. The highest BCUT2D eigenvalue weighted by atomic mass is 35.5. The molecule has 150 valence electrons. The second kappa shape index (κ2) is 8.23. The van der Waals surface area contributed by atoms with E-state index in [1.807, 2.05) is 26.8 Å². The van der Waals surface area contributed by atoms with E-state index in [4.69, 9.17) is 11.6 Å². The van der Waals surface area contributed by atoms with Crippen LogP contribution in [-0.4, -0.2) is 31.2 Å². The van der Waals surface area contributed by atoms with E-state index < -0.39 is 15.9 Å². The van der Waals surface area contributed by atoms with Crippen LogP contribution in [0.25, 0.3) is 0 Å². The van der Waals surface area contributed by atoms with Gasteiger partial charge >= 0.3 is 0 Å². The molecule has 1 aliphatic rings. The lowest BCUT2D eigenvalue weighted by atomic mass is 10.1. The maximum absolute atomic E-state index is 13.0. The molecule has 1 fully saturated rings. The number of benzene rings is 2. The van der Waals surface area contributed by atoms with Crippen molar-refractivity contribution in [3.05, 3.63) is 58.1 Å². The molecule has 2 aromatic rings. The Hall–Kier alpha value is -1.89. The Morgan fingerprint density at radius 2 is 1.93 bits per heavy atom. The molecule has 7 heteroatoms. The minimum absolute atomic E-state index is 0.0368. The van der Waals surface area contributed by atoms with E-state index in [1.165, 1.54) is 16.4 Å². The van der Waals surface area contributed by atoms with Crippen molar-refractivity contribution in [2.75, 3.05) is 11.9 Å². The summed E-state index contributed by atoms with van der Waals surface area (Å²) in [6.45, 7) is 6.24. The average molecular weight is 421 g/mol. The van der Waals surface area contributed by atoms with Gasteiger partial charge < -0.3 is 5.32 Å². The third kappa shape index (κ3) is 4.24. The number of hydrogen-bond donors (Lipinski definition) is 1. The minimum atomic E-state index is -3.63. The number of halogens is 1. The van der Waals surface area contributed by atoms with Gasteiger partial charge in [0.1, 0.15) is 0 Å². The van der Waals surface area contributed by atoms with Gasteiger partial charge in [-0.05, 0) is 69.0 Å². The number of amides is 1. The van der Waals surface area contributed by atoms with Gasteiger partial charge in [-0.1, -0.05) is 30.2 Å². The first-order chi connectivity index (χ1) is 13.2. The van der Waals surface area contributed by atoms with Crippen LogP contribution >= 0.6 is 11.6 Å². The molecule has 1 heterocycles. The Bertz CT molecular complexity index is 981. The first-order valence-corrected chi connectivity index (χ1v) is 11.2. The summed E-state index contributed by atoms with van der Waals surface area (Å²) < 4.78 is 27.6. The molecule has 28 heavy (non-hydrogen) atoms. The van der Waals surface area contributed by atoms with Crippen LogP contribution < -0.4 is 5.32 Å². The molecule has 1 N–H and O–H groups in total. The van der Waals surface area contributed by atoms with Crippen LogP contribution in [0, 0.1) is 13.8 Å². The number of piperidine rings is 1. The Kier molecular flexibility index (Phi) is 6.12. The van der Waals surface area contributed by atoms with Crippen molar-refractivity contribution in [3.63, 3.8) is 0 Å². The highest BCUT2D eigenvalue weighted by molar-refractivity contribution is 7.89. The van der Waals surface area contributed by atoms with Gasteiger partial charge in [-0.2, -0.15) is 4.31 Å². The van der Waals surface area contributed by atoms with Crippen LogP contribution in [-0.2, 0) is 10.0 Å². The first-order valence-electron chi connectivity index (χ1n) is 9.40. The fraction of sp³-hybridized carbons (Fsp3) is 0.381. The van der Waals surface area contributed by atoms with Gasteiger partial charge in [-0.3, -0.25) is 4.79 Å². The number of hydrogen-bond acceptors (Lipinski definition) is 3. The lowest BCUT2D eigenvalue weighted by molar-refractivity contribution is 0.102. The number of aryl methyl sites for hydroxylation is 2.